The van der Waals surface area contributed by atoms with Gasteiger partial charge in [0.05, 0.1) is 23.9 Å². The van der Waals surface area contributed by atoms with E-state index in [-0.39, 0.29) is 35.7 Å². The third-order valence-electron chi connectivity index (χ3n) is 5.84. The fraction of sp³-hybridized carbons (Fsp3) is 0.364. The molecule has 1 N–H and O–H groups in total. The van der Waals surface area contributed by atoms with E-state index in [1.807, 2.05) is 0 Å². The van der Waals surface area contributed by atoms with Gasteiger partial charge in [-0.3, -0.25) is 14.5 Å². The number of amides is 2. The largest absolute Gasteiger partial charge is 0.303 e. The number of hydrogen-bond acceptors (Lipinski definition) is 5. The molecule has 2 aromatic carbocycles. The van der Waals surface area contributed by atoms with Crippen LogP contribution >= 0.6 is 23.2 Å². The van der Waals surface area contributed by atoms with Gasteiger partial charge in [-0.2, -0.15) is 4.31 Å². The van der Waals surface area contributed by atoms with Crippen LogP contribution in [-0.4, -0.2) is 54.6 Å². The van der Waals surface area contributed by atoms with Gasteiger partial charge in [0.25, 0.3) is 0 Å². The number of piperidine rings is 1. The quantitative estimate of drug-likeness (QED) is 0.622. The van der Waals surface area contributed by atoms with E-state index in [0.29, 0.717) is 36.0 Å². The predicted molar refractivity (Wildman–Crippen MR) is 122 cm³/mol. The summed E-state index contributed by atoms with van der Waals surface area (Å²) in [7, 11) is -3.59. The molecule has 10 heteroatoms. The zero-order valence-electron chi connectivity index (χ0n) is 17.2. The van der Waals surface area contributed by atoms with Crippen LogP contribution in [0.5, 0.6) is 0 Å². The van der Waals surface area contributed by atoms with Crippen molar-refractivity contribution in [2.45, 2.75) is 42.8 Å². The van der Waals surface area contributed by atoms with Gasteiger partial charge in [-0.05, 0) is 54.8 Å². The third kappa shape index (κ3) is 5.00. The first-order valence-electron chi connectivity index (χ1n) is 10.3. The topological polar surface area (TPSA) is 86.8 Å². The van der Waals surface area contributed by atoms with Gasteiger partial charge in [-0.25, -0.2) is 8.42 Å². The van der Waals surface area contributed by atoms with E-state index >= 15 is 0 Å². The van der Waals surface area contributed by atoms with Crippen LogP contribution < -0.4 is 5.32 Å². The molecule has 0 spiro atoms. The molecule has 0 bridgehead atoms. The Hall–Kier alpha value is -1.97. The summed E-state index contributed by atoms with van der Waals surface area (Å²) in [4.78, 5) is 26.7. The van der Waals surface area contributed by atoms with Gasteiger partial charge in [0, 0.05) is 29.2 Å². The Kier molecular flexibility index (Phi) is 6.88. The number of imide groups is 1. The summed E-state index contributed by atoms with van der Waals surface area (Å²) in [6.07, 6.45) is 1.22. The molecule has 0 saturated carbocycles. The molecule has 4 rings (SSSR count). The van der Waals surface area contributed by atoms with E-state index in [2.05, 4.69) is 5.32 Å². The smallest absolute Gasteiger partial charge is 0.247 e. The van der Waals surface area contributed by atoms with Gasteiger partial charge in [0.2, 0.25) is 21.8 Å². The monoisotopic (exact) mass is 495 g/mol. The molecule has 1 atom stereocenters. The van der Waals surface area contributed by atoms with Crippen LogP contribution in [0.3, 0.4) is 0 Å². The van der Waals surface area contributed by atoms with Crippen molar-refractivity contribution in [2.75, 3.05) is 13.1 Å². The Bertz CT molecular complexity index is 1100. The predicted octanol–water partition coefficient (Wildman–Crippen LogP) is 3.06. The summed E-state index contributed by atoms with van der Waals surface area (Å²) < 4.78 is 27.1. The Morgan fingerprint density at radius 1 is 0.906 bits per heavy atom. The van der Waals surface area contributed by atoms with Gasteiger partial charge >= 0.3 is 0 Å². The molecule has 170 valence electrons. The summed E-state index contributed by atoms with van der Waals surface area (Å²) in [6.45, 7) is 0.892. The van der Waals surface area contributed by atoms with Crippen molar-refractivity contribution >= 4 is 45.0 Å². The summed E-state index contributed by atoms with van der Waals surface area (Å²) in [5, 5.41) is 4.34. The molecule has 2 heterocycles. The highest BCUT2D eigenvalue weighted by atomic mass is 35.5. The van der Waals surface area contributed by atoms with Gasteiger partial charge in [-0.15, -0.1) is 0 Å². The average molecular weight is 496 g/mol. The van der Waals surface area contributed by atoms with Crippen LogP contribution in [0.15, 0.2) is 53.4 Å². The number of halogens is 2. The molecule has 0 unspecified atom stereocenters. The Labute approximate surface area is 197 Å². The lowest BCUT2D eigenvalue weighted by molar-refractivity contribution is -0.139. The lowest BCUT2D eigenvalue weighted by Gasteiger charge is -2.32. The second kappa shape index (κ2) is 9.49. The second-order valence-electron chi connectivity index (χ2n) is 8.00. The molecule has 2 aliphatic heterocycles. The summed E-state index contributed by atoms with van der Waals surface area (Å²) in [6, 6.07) is 12.5. The van der Waals surface area contributed by atoms with Gasteiger partial charge in [0.1, 0.15) is 0 Å². The van der Waals surface area contributed by atoms with E-state index in [4.69, 9.17) is 23.2 Å². The summed E-state index contributed by atoms with van der Waals surface area (Å²) >= 11 is 11.7. The number of nitrogens with zero attached hydrogens (tertiary/aromatic N) is 2. The van der Waals surface area contributed by atoms with E-state index in [1.165, 1.54) is 21.3 Å². The minimum absolute atomic E-state index is 0.0381. The Morgan fingerprint density at radius 2 is 1.47 bits per heavy atom. The molecular weight excluding hydrogens is 473 g/mol. The maximum Gasteiger partial charge on any atom is 0.247 e. The fourth-order valence-corrected chi connectivity index (χ4v) is 5.78. The molecule has 7 nitrogen and oxygen atoms in total. The van der Waals surface area contributed by atoms with Crippen LogP contribution in [0, 0.1) is 0 Å². The van der Waals surface area contributed by atoms with Gasteiger partial charge in [0.15, 0.2) is 0 Å². The van der Waals surface area contributed by atoms with Crippen molar-refractivity contribution in [1.29, 1.82) is 0 Å². The maximum absolute atomic E-state index is 12.8. The highest BCUT2D eigenvalue weighted by Crippen LogP contribution is 2.24. The summed E-state index contributed by atoms with van der Waals surface area (Å²) in [5.41, 5.74) is 0.831. The second-order valence-corrected chi connectivity index (χ2v) is 10.8. The van der Waals surface area contributed by atoms with Crippen LogP contribution in [-0.2, 0) is 26.2 Å². The van der Waals surface area contributed by atoms with Crippen molar-refractivity contribution in [2.24, 2.45) is 0 Å². The molecular formula is C22H23Cl2N3O4S. The first-order valence-corrected chi connectivity index (χ1v) is 12.5. The van der Waals surface area contributed by atoms with Gasteiger partial charge in [-0.1, -0.05) is 35.3 Å². The fourth-order valence-electron chi connectivity index (χ4n) is 4.05. The molecule has 0 aliphatic carbocycles. The maximum atomic E-state index is 12.8. The number of rotatable bonds is 6. The molecule has 2 amide bonds. The number of nitrogens with one attached hydrogen (secondary N) is 1. The number of carbonyl (C=O) groups excluding carboxylic acids is 2. The molecule has 2 fully saturated rings. The van der Waals surface area contributed by atoms with Crippen molar-refractivity contribution in [1.82, 2.24) is 14.5 Å². The van der Waals surface area contributed by atoms with Crippen LogP contribution in [0.25, 0.3) is 0 Å². The van der Waals surface area contributed by atoms with Crippen molar-refractivity contribution < 1.29 is 18.0 Å². The standard InChI is InChI=1S/C22H23Cl2N3O4S/c23-16-3-1-15(2-4-16)14-27-21(28)13-20(22(27)29)25-18-9-11-26(12-10-18)32(30,31)19-7-5-17(24)6-8-19/h1-8,18,20,25H,9-14H2/t20-/m0/s1. The molecule has 32 heavy (non-hydrogen) atoms. The minimum Gasteiger partial charge on any atom is -0.303 e. The molecule has 2 aromatic rings. The molecule has 0 radical (unpaired) electrons. The molecule has 2 aliphatic rings. The van der Waals surface area contributed by atoms with E-state index in [9.17, 15) is 18.0 Å². The van der Waals surface area contributed by atoms with Crippen LogP contribution in [0.4, 0.5) is 0 Å². The van der Waals surface area contributed by atoms with E-state index < -0.39 is 16.1 Å². The number of carbonyl (C=O) groups is 2. The van der Waals surface area contributed by atoms with Crippen molar-refractivity contribution in [3.05, 3.63) is 64.1 Å². The molecule has 0 aromatic heterocycles. The summed E-state index contributed by atoms with van der Waals surface area (Å²) in [5.74, 6) is -0.466. The van der Waals surface area contributed by atoms with Crippen LogP contribution in [0.2, 0.25) is 10.0 Å². The lowest BCUT2D eigenvalue weighted by Crippen LogP contribution is -2.49. The van der Waals surface area contributed by atoms with Gasteiger partial charge < -0.3 is 5.32 Å². The highest BCUT2D eigenvalue weighted by molar-refractivity contribution is 7.89. The van der Waals surface area contributed by atoms with Crippen molar-refractivity contribution in [3.8, 4) is 0 Å². The number of sulfonamides is 1. The van der Waals surface area contributed by atoms with Crippen molar-refractivity contribution in [3.63, 3.8) is 0 Å². The van der Waals surface area contributed by atoms with E-state index in [1.54, 1.807) is 36.4 Å². The first kappa shape index (κ1) is 23.2. The zero-order chi connectivity index (χ0) is 22.9. The Morgan fingerprint density at radius 3 is 2.06 bits per heavy atom. The number of benzene rings is 2. The third-order valence-corrected chi connectivity index (χ3v) is 8.26. The number of likely N-dealkylation sites (tertiary alicyclic amines) is 1. The SMILES string of the molecule is O=C1C[C@H](NC2CCN(S(=O)(=O)c3ccc(Cl)cc3)CC2)C(=O)N1Cc1ccc(Cl)cc1. The highest BCUT2D eigenvalue weighted by Gasteiger charge is 2.40. The first-order chi connectivity index (χ1) is 15.2. The van der Waals surface area contributed by atoms with Crippen LogP contribution in [0.1, 0.15) is 24.8 Å². The average Bonchev–Trinajstić information content (AvgIpc) is 3.03. The molecule has 2 saturated heterocycles. The number of hydrogen-bond donors (Lipinski definition) is 1. The Balaban J connectivity index is 1.33. The lowest BCUT2D eigenvalue weighted by atomic mass is 10.0. The zero-order valence-corrected chi connectivity index (χ0v) is 19.5. The normalized spacial score (nSPS) is 20.8. The van der Waals surface area contributed by atoms with E-state index in [0.717, 1.165) is 5.56 Å². The minimum atomic E-state index is -3.59.